The maximum Gasteiger partial charge on any atom is 0.214 e. The number of hydrazine groups is 1. The van der Waals surface area contributed by atoms with Gasteiger partial charge in [0, 0.05) is 0 Å². The molecule has 2 heterocycles. The van der Waals surface area contributed by atoms with Crippen LogP contribution in [0.1, 0.15) is 0 Å². The predicted octanol–water partition coefficient (Wildman–Crippen LogP) is -3.53. The van der Waals surface area contributed by atoms with Gasteiger partial charge in [0.1, 0.15) is 25.0 Å². The molecule has 0 aromatic rings. The van der Waals surface area contributed by atoms with E-state index < -0.39 is 31.1 Å². The lowest BCUT2D eigenvalue weighted by Gasteiger charge is -2.37. The van der Waals surface area contributed by atoms with Gasteiger partial charge in [-0.1, -0.05) is 0 Å². The summed E-state index contributed by atoms with van der Waals surface area (Å²) in [4.78, 5) is 5.20. The molecule has 18 heavy (non-hydrogen) atoms. The smallest absolute Gasteiger partial charge is 0.214 e. The lowest BCUT2D eigenvalue weighted by atomic mass is 10.1. The first-order chi connectivity index (χ1) is 8.45. The second kappa shape index (κ2) is 4.91. The van der Waals surface area contributed by atoms with Crippen LogP contribution in [0.3, 0.4) is 0 Å². The van der Waals surface area contributed by atoms with Crippen molar-refractivity contribution in [1.82, 2.24) is 9.91 Å². The van der Waals surface area contributed by atoms with Crippen LogP contribution in [0.5, 0.6) is 0 Å². The molecule has 2 unspecified atom stereocenters. The minimum absolute atomic E-state index is 0.0583. The molecule has 0 amide bonds. The maximum absolute atomic E-state index is 9.85. The fraction of sp³-hybridized carbons (Fsp3) is 0.750. The predicted molar refractivity (Wildman–Crippen MR) is 64.7 cm³/mol. The summed E-state index contributed by atoms with van der Waals surface area (Å²) in [6, 6.07) is 0. The Hall–Kier alpha value is -1.04. The van der Waals surface area contributed by atoms with E-state index in [1.165, 1.54) is 4.90 Å². The SMILES string of the molecule is NC1=NC(=S)N([C@@H]2O[C@H](CO)C(O)C2O)CN1N. The van der Waals surface area contributed by atoms with Crippen LogP contribution >= 0.6 is 12.2 Å². The molecule has 0 spiro atoms. The number of aliphatic hydroxyl groups excluding tert-OH is 3. The first-order valence-electron chi connectivity index (χ1n) is 5.25. The summed E-state index contributed by atoms with van der Waals surface area (Å²) in [7, 11) is 0. The highest BCUT2D eigenvalue weighted by atomic mass is 32.1. The largest absolute Gasteiger partial charge is 0.394 e. The minimum Gasteiger partial charge on any atom is -0.394 e. The van der Waals surface area contributed by atoms with Gasteiger partial charge in [-0.05, 0) is 12.2 Å². The number of thiocarbonyl (C=S) groups is 1. The third-order valence-corrected chi connectivity index (χ3v) is 3.21. The number of rotatable bonds is 2. The molecular weight excluding hydrogens is 262 g/mol. The number of aliphatic hydroxyl groups is 3. The summed E-state index contributed by atoms with van der Waals surface area (Å²) in [5.74, 6) is 5.63. The topological polar surface area (TPSA) is 141 Å². The van der Waals surface area contributed by atoms with Gasteiger partial charge in [-0.15, -0.1) is 0 Å². The highest BCUT2D eigenvalue weighted by molar-refractivity contribution is 7.80. The molecular formula is C8H15N5O4S. The van der Waals surface area contributed by atoms with Crippen molar-refractivity contribution in [2.24, 2.45) is 16.6 Å². The lowest BCUT2D eigenvalue weighted by molar-refractivity contribution is -0.0802. The maximum atomic E-state index is 9.85. The molecule has 0 aliphatic carbocycles. The summed E-state index contributed by atoms with van der Waals surface area (Å²) in [6.45, 7) is -0.339. The molecule has 0 bridgehead atoms. The Labute approximate surface area is 108 Å². The number of nitrogens with zero attached hydrogens (tertiary/aromatic N) is 3. The number of hydrogen-bond acceptors (Lipinski definition) is 8. The van der Waals surface area contributed by atoms with Crippen molar-refractivity contribution in [3.63, 3.8) is 0 Å². The van der Waals surface area contributed by atoms with Crippen molar-refractivity contribution < 1.29 is 20.1 Å². The number of hydrogen-bond donors (Lipinski definition) is 5. The zero-order chi connectivity index (χ0) is 13.4. The highest BCUT2D eigenvalue weighted by Crippen LogP contribution is 2.25. The molecule has 2 aliphatic rings. The van der Waals surface area contributed by atoms with E-state index in [1.807, 2.05) is 0 Å². The van der Waals surface area contributed by atoms with E-state index in [9.17, 15) is 10.2 Å². The fourth-order valence-electron chi connectivity index (χ4n) is 1.85. The van der Waals surface area contributed by atoms with Crippen molar-refractivity contribution in [3.05, 3.63) is 0 Å². The average molecular weight is 277 g/mol. The van der Waals surface area contributed by atoms with Crippen molar-refractivity contribution in [2.75, 3.05) is 13.3 Å². The number of nitrogens with two attached hydrogens (primary N) is 2. The van der Waals surface area contributed by atoms with E-state index in [0.717, 1.165) is 5.01 Å². The quantitative estimate of drug-likeness (QED) is 0.256. The summed E-state index contributed by atoms with van der Waals surface area (Å²) >= 11 is 5.00. The van der Waals surface area contributed by atoms with Gasteiger partial charge in [0.05, 0.1) is 6.61 Å². The van der Waals surface area contributed by atoms with Crippen molar-refractivity contribution in [2.45, 2.75) is 24.5 Å². The summed E-state index contributed by atoms with van der Waals surface area (Å²) < 4.78 is 5.32. The van der Waals surface area contributed by atoms with Crippen LogP contribution in [0.25, 0.3) is 0 Å². The Kier molecular flexibility index (Phi) is 3.66. The Bertz CT molecular complexity index is 380. The summed E-state index contributed by atoms with van der Waals surface area (Å²) in [5.41, 5.74) is 5.49. The van der Waals surface area contributed by atoms with Gasteiger partial charge in [0.25, 0.3) is 0 Å². The molecule has 2 aliphatic heterocycles. The van der Waals surface area contributed by atoms with Crippen LogP contribution in [-0.4, -0.2) is 74.1 Å². The van der Waals surface area contributed by atoms with E-state index in [2.05, 4.69) is 4.99 Å². The normalized spacial score (nSPS) is 37.1. The van der Waals surface area contributed by atoms with Gasteiger partial charge >= 0.3 is 0 Å². The van der Waals surface area contributed by atoms with E-state index in [-0.39, 0.29) is 17.7 Å². The first kappa shape index (κ1) is 13.4. The Morgan fingerprint density at radius 2 is 2.11 bits per heavy atom. The standard InChI is InChI=1S/C8H15N5O4S/c9-7-11-8(18)12(2-13(7)10)6-5(16)4(15)3(1-14)17-6/h3-6,14-16H,1-2,10H2,(H2,9,11,18)/t3-,4?,5?,6-/m1/s1. The molecule has 7 N–H and O–H groups in total. The zero-order valence-electron chi connectivity index (χ0n) is 9.38. The molecule has 2 rings (SSSR count). The average Bonchev–Trinajstić information content (AvgIpc) is 2.61. The molecule has 1 saturated heterocycles. The fourth-order valence-corrected chi connectivity index (χ4v) is 2.11. The first-order valence-corrected chi connectivity index (χ1v) is 5.66. The van der Waals surface area contributed by atoms with Gasteiger partial charge < -0.3 is 25.8 Å². The van der Waals surface area contributed by atoms with Crippen molar-refractivity contribution in [1.29, 1.82) is 0 Å². The van der Waals surface area contributed by atoms with Crippen molar-refractivity contribution >= 4 is 23.3 Å². The second-order valence-electron chi connectivity index (χ2n) is 4.06. The molecule has 102 valence electrons. The molecule has 9 nitrogen and oxygen atoms in total. The van der Waals surface area contributed by atoms with Crippen LogP contribution in [0.15, 0.2) is 4.99 Å². The third kappa shape index (κ3) is 2.13. The molecule has 0 saturated carbocycles. The Morgan fingerprint density at radius 1 is 1.44 bits per heavy atom. The molecule has 4 atom stereocenters. The number of aliphatic imine (C=N–C) groups is 1. The van der Waals surface area contributed by atoms with E-state index in [1.54, 1.807) is 0 Å². The van der Waals surface area contributed by atoms with Gasteiger partial charge in [-0.2, -0.15) is 4.99 Å². The molecule has 1 fully saturated rings. The van der Waals surface area contributed by atoms with Gasteiger partial charge in [-0.3, -0.25) is 9.91 Å². The second-order valence-corrected chi connectivity index (χ2v) is 4.43. The molecule has 0 aromatic heterocycles. The van der Waals surface area contributed by atoms with E-state index >= 15 is 0 Å². The van der Waals surface area contributed by atoms with E-state index in [0.29, 0.717) is 0 Å². The van der Waals surface area contributed by atoms with Crippen LogP contribution < -0.4 is 11.6 Å². The molecule has 0 radical (unpaired) electrons. The Balaban J connectivity index is 2.16. The van der Waals surface area contributed by atoms with Gasteiger partial charge in [-0.25, -0.2) is 5.84 Å². The van der Waals surface area contributed by atoms with Crippen LogP contribution in [0, 0.1) is 0 Å². The van der Waals surface area contributed by atoms with E-state index in [4.69, 9.17) is 33.6 Å². The number of guanidine groups is 1. The Morgan fingerprint density at radius 3 is 2.67 bits per heavy atom. The van der Waals surface area contributed by atoms with Crippen molar-refractivity contribution in [3.8, 4) is 0 Å². The van der Waals surface area contributed by atoms with Gasteiger partial charge in [0.15, 0.2) is 6.23 Å². The van der Waals surface area contributed by atoms with Crippen LogP contribution in [0.2, 0.25) is 0 Å². The molecule has 0 aromatic carbocycles. The van der Waals surface area contributed by atoms with Crippen LogP contribution in [-0.2, 0) is 4.74 Å². The number of ether oxygens (including phenoxy) is 1. The molecule has 10 heteroatoms. The summed E-state index contributed by atoms with van der Waals surface area (Å²) in [6.07, 6.45) is -4.21. The van der Waals surface area contributed by atoms with Gasteiger partial charge in [0.2, 0.25) is 11.1 Å². The zero-order valence-corrected chi connectivity index (χ0v) is 10.2. The lowest BCUT2D eigenvalue weighted by Crippen LogP contribution is -2.59. The highest BCUT2D eigenvalue weighted by Gasteiger charge is 2.46. The monoisotopic (exact) mass is 277 g/mol. The van der Waals surface area contributed by atoms with Crippen LogP contribution in [0.4, 0.5) is 0 Å². The third-order valence-electron chi connectivity index (χ3n) is 2.88. The minimum atomic E-state index is -1.22. The summed E-state index contributed by atoms with van der Waals surface area (Å²) in [5, 5.41) is 29.7.